The van der Waals surface area contributed by atoms with Gasteiger partial charge in [-0.25, -0.2) is 0 Å². The average molecular weight is 459 g/mol. The van der Waals surface area contributed by atoms with Crippen LogP contribution in [0.5, 0.6) is 0 Å². The van der Waals surface area contributed by atoms with Gasteiger partial charge in [0, 0.05) is 28.8 Å². The van der Waals surface area contributed by atoms with Crippen molar-refractivity contribution < 1.29 is 9.59 Å². The molecule has 0 aliphatic carbocycles. The number of pyridine rings is 1. The molecule has 33 heavy (non-hydrogen) atoms. The maximum atomic E-state index is 13.1. The van der Waals surface area contributed by atoms with Crippen molar-refractivity contribution in [1.82, 2.24) is 4.98 Å². The molecule has 2 amide bonds. The Kier molecular flexibility index (Phi) is 7.52. The number of nitrogens with zero attached hydrogens (tertiary/aromatic N) is 2. The lowest BCUT2D eigenvalue weighted by Gasteiger charge is -2.18. The van der Waals surface area contributed by atoms with Gasteiger partial charge in [-0.2, -0.15) is 17.0 Å². The van der Waals surface area contributed by atoms with Crippen molar-refractivity contribution in [3.8, 4) is 6.07 Å². The third kappa shape index (κ3) is 5.99. The molecule has 1 aromatic heterocycles. The Balaban J connectivity index is 1.86. The van der Waals surface area contributed by atoms with Crippen LogP contribution in [0.2, 0.25) is 0 Å². The highest BCUT2D eigenvalue weighted by Gasteiger charge is 2.22. The minimum absolute atomic E-state index is 0.281. The maximum Gasteiger partial charge on any atom is 0.256 e. The summed E-state index contributed by atoms with van der Waals surface area (Å²) in [4.78, 5) is 29.9. The summed E-state index contributed by atoms with van der Waals surface area (Å²) in [6.45, 7) is 5.51. The number of hydrogen-bond acceptors (Lipinski definition) is 5. The van der Waals surface area contributed by atoms with Crippen LogP contribution in [0.1, 0.15) is 51.3 Å². The SMILES string of the molecule is CSCc1cc(C(=O)Nc2ccc(C)c(C(=O)Nc3cccnc3)c2)cc(C(C)(C)C#N)c1. The fraction of sp³-hybridized carbons (Fsp3) is 0.231. The van der Waals surface area contributed by atoms with E-state index in [4.69, 9.17) is 0 Å². The van der Waals surface area contributed by atoms with Crippen LogP contribution in [0, 0.1) is 18.3 Å². The van der Waals surface area contributed by atoms with E-state index in [0.29, 0.717) is 22.5 Å². The Morgan fingerprint density at radius 1 is 1.06 bits per heavy atom. The minimum atomic E-state index is -0.717. The number of nitrogens with one attached hydrogen (secondary N) is 2. The van der Waals surface area contributed by atoms with E-state index in [0.717, 1.165) is 22.4 Å². The van der Waals surface area contributed by atoms with Crippen molar-refractivity contribution in [2.45, 2.75) is 31.9 Å². The molecule has 0 saturated heterocycles. The molecule has 0 saturated carbocycles. The molecule has 0 aliphatic rings. The van der Waals surface area contributed by atoms with Crippen molar-refractivity contribution in [2.24, 2.45) is 0 Å². The molecule has 6 nitrogen and oxygen atoms in total. The van der Waals surface area contributed by atoms with Gasteiger partial charge in [-0.05, 0) is 80.1 Å². The fourth-order valence-electron chi connectivity index (χ4n) is 3.28. The number of aromatic nitrogens is 1. The molecule has 3 aromatic rings. The molecule has 7 heteroatoms. The first-order valence-electron chi connectivity index (χ1n) is 10.4. The summed E-state index contributed by atoms with van der Waals surface area (Å²) in [7, 11) is 0. The van der Waals surface area contributed by atoms with Gasteiger partial charge >= 0.3 is 0 Å². The number of aryl methyl sites for hydroxylation is 1. The van der Waals surface area contributed by atoms with E-state index in [2.05, 4.69) is 21.7 Å². The maximum absolute atomic E-state index is 13.1. The highest BCUT2D eigenvalue weighted by molar-refractivity contribution is 7.97. The van der Waals surface area contributed by atoms with Gasteiger partial charge in [0.05, 0.1) is 23.4 Å². The van der Waals surface area contributed by atoms with Crippen molar-refractivity contribution in [3.05, 3.63) is 88.7 Å². The van der Waals surface area contributed by atoms with Crippen molar-refractivity contribution in [3.63, 3.8) is 0 Å². The molecule has 0 radical (unpaired) electrons. The summed E-state index contributed by atoms with van der Waals surface area (Å²) in [6, 6.07) is 16.6. The van der Waals surface area contributed by atoms with Crippen LogP contribution in [-0.2, 0) is 11.2 Å². The molecule has 2 aromatic carbocycles. The van der Waals surface area contributed by atoms with E-state index in [1.165, 1.54) is 0 Å². The summed E-state index contributed by atoms with van der Waals surface area (Å²) < 4.78 is 0. The van der Waals surface area contributed by atoms with E-state index in [-0.39, 0.29) is 11.8 Å². The van der Waals surface area contributed by atoms with Crippen molar-refractivity contribution in [2.75, 3.05) is 16.9 Å². The molecule has 0 bridgehead atoms. The van der Waals surface area contributed by atoms with Crippen LogP contribution in [-0.4, -0.2) is 23.1 Å². The average Bonchev–Trinajstić information content (AvgIpc) is 2.81. The Labute approximate surface area is 198 Å². The van der Waals surface area contributed by atoms with Crippen LogP contribution < -0.4 is 10.6 Å². The lowest BCUT2D eigenvalue weighted by atomic mass is 9.84. The quantitative estimate of drug-likeness (QED) is 0.483. The van der Waals surface area contributed by atoms with Gasteiger partial charge in [0.1, 0.15) is 0 Å². The summed E-state index contributed by atoms with van der Waals surface area (Å²) in [6.07, 6.45) is 5.20. The number of carbonyl (C=O) groups excluding carboxylic acids is 2. The first-order valence-corrected chi connectivity index (χ1v) is 11.8. The van der Waals surface area contributed by atoms with Gasteiger partial charge < -0.3 is 10.6 Å². The Morgan fingerprint density at radius 3 is 2.48 bits per heavy atom. The molecule has 1 heterocycles. The third-order valence-electron chi connectivity index (χ3n) is 5.23. The highest BCUT2D eigenvalue weighted by Crippen LogP contribution is 2.27. The Morgan fingerprint density at radius 2 is 1.82 bits per heavy atom. The van der Waals surface area contributed by atoms with Gasteiger partial charge in [0.15, 0.2) is 0 Å². The molecule has 0 atom stereocenters. The van der Waals surface area contributed by atoms with Gasteiger partial charge in [0.25, 0.3) is 11.8 Å². The van der Waals surface area contributed by atoms with E-state index >= 15 is 0 Å². The number of hydrogen-bond donors (Lipinski definition) is 2. The molecular weight excluding hydrogens is 432 g/mol. The lowest BCUT2D eigenvalue weighted by molar-refractivity contribution is 0.101. The zero-order chi connectivity index (χ0) is 24.0. The molecule has 3 rings (SSSR count). The van der Waals surface area contributed by atoms with E-state index < -0.39 is 5.41 Å². The molecule has 0 aliphatic heterocycles. The van der Waals surface area contributed by atoms with E-state index in [1.54, 1.807) is 60.6 Å². The van der Waals surface area contributed by atoms with Crippen LogP contribution in [0.25, 0.3) is 0 Å². The first-order chi connectivity index (χ1) is 15.7. The topological polar surface area (TPSA) is 94.9 Å². The normalized spacial score (nSPS) is 10.9. The summed E-state index contributed by atoms with van der Waals surface area (Å²) in [5.41, 5.74) is 3.88. The van der Waals surface area contributed by atoms with Crippen LogP contribution >= 0.6 is 11.8 Å². The van der Waals surface area contributed by atoms with Crippen LogP contribution in [0.3, 0.4) is 0 Å². The smallest absolute Gasteiger partial charge is 0.256 e. The molecule has 168 valence electrons. The second-order valence-corrected chi connectivity index (χ2v) is 9.13. The van der Waals surface area contributed by atoms with E-state index in [1.807, 2.05) is 39.2 Å². The molecule has 0 spiro atoms. The predicted molar refractivity (Wildman–Crippen MR) is 134 cm³/mol. The summed E-state index contributed by atoms with van der Waals surface area (Å²) in [5, 5.41) is 15.3. The monoisotopic (exact) mass is 458 g/mol. The van der Waals surface area contributed by atoms with Crippen LogP contribution in [0.4, 0.5) is 11.4 Å². The second kappa shape index (κ2) is 10.3. The number of carbonyl (C=O) groups is 2. The van der Waals surface area contributed by atoms with Crippen molar-refractivity contribution in [1.29, 1.82) is 5.26 Å². The lowest BCUT2D eigenvalue weighted by Crippen LogP contribution is -2.18. The van der Waals surface area contributed by atoms with Crippen molar-refractivity contribution >= 4 is 35.0 Å². The molecule has 0 unspecified atom stereocenters. The highest BCUT2D eigenvalue weighted by atomic mass is 32.2. The standard InChI is InChI=1S/C26H26N4O2S/c1-17-7-8-21(13-23(17)25(32)30-22-6-5-9-28-14-22)29-24(31)19-10-18(15-33-4)11-20(12-19)26(2,3)16-27/h5-14H,15H2,1-4H3,(H,29,31)(H,30,32). The number of rotatable bonds is 7. The number of benzene rings is 2. The number of thioether (sulfide) groups is 1. The number of nitriles is 1. The zero-order valence-electron chi connectivity index (χ0n) is 19.1. The fourth-order valence-corrected chi connectivity index (χ4v) is 3.78. The Hall–Kier alpha value is -3.63. The molecule has 2 N–H and O–H groups in total. The number of anilines is 2. The van der Waals surface area contributed by atoms with Crippen LogP contribution in [0.15, 0.2) is 60.9 Å². The largest absolute Gasteiger partial charge is 0.322 e. The predicted octanol–water partition coefficient (Wildman–Crippen LogP) is 5.56. The zero-order valence-corrected chi connectivity index (χ0v) is 19.9. The summed E-state index contributed by atoms with van der Waals surface area (Å²) in [5.74, 6) is 0.158. The van der Waals surface area contributed by atoms with E-state index in [9.17, 15) is 14.9 Å². The third-order valence-corrected chi connectivity index (χ3v) is 5.85. The minimum Gasteiger partial charge on any atom is -0.322 e. The summed E-state index contributed by atoms with van der Waals surface area (Å²) >= 11 is 1.65. The molecule has 0 fully saturated rings. The van der Waals surface area contributed by atoms with Gasteiger partial charge in [-0.1, -0.05) is 12.1 Å². The van der Waals surface area contributed by atoms with Gasteiger partial charge in [-0.3, -0.25) is 14.6 Å². The molecular formula is C26H26N4O2S. The van der Waals surface area contributed by atoms with Gasteiger partial charge in [0.2, 0.25) is 0 Å². The van der Waals surface area contributed by atoms with Gasteiger partial charge in [-0.15, -0.1) is 0 Å². The number of amides is 2. The second-order valence-electron chi connectivity index (χ2n) is 8.27. The first kappa shape index (κ1) is 24.0. The Bertz CT molecular complexity index is 1220.